The molecule has 0 fully saturated rings. The first-order chi connectivity index (χ1) is 6.91. The van der Waals surface area contributed by atoms with Gasteiger partial charge in [-0.1, -0.05) is 20.8 Å². The highest BCUT2D eigenvalue weighted by molar-refractivity contribution is 5.94. The molecule has 0 aliphatic carbocycles. The first-order valence-corrected chi connectivity index (χ1v) is 4.72. The molecule has 1 heterocycles. The molecular weight excluding hydrogens is 192 g/mol. The Balaban J connectivity index is 2.65. The zero-order valence-electron chi connectivity index (χ0n) is 9.19. The molecule has 15 heavy (non-hydrogen) atoms. The Morgan fingerprint density at radius 2 is 1.93 bits per heavy atom. The SMILES string of the molecule is CC(C)(C)[C@H](N)C(=O)Nc1cncnc1. The molecule has 0 spiro atoms. The zero-order valence-corrected chi connectivity index (χ0v) is 9.19. The zero-order chi connectivity index (χ0) is 11.5. The number of nitrogens with two attached hydrogens (primary N) is 1. The lowest BCUT2D eigenvalue weighted by molar-refractivity contribution is -0.119. The molecule has 1 aromatic rings. The maximum atomic E-state index is 11.7. The van der Waals surface area contributed by atoms with Crippen molar-refractivity contribution in [1.29, 1.82) is 0 Å². The maximum Gasteiger partial charge on any atom is 0.241 e. The normalized spacial score (nSPS) is 13.3. The molecule has 0 aliphatic rings. The van der Waals surface area contributed by atoms with Crippen LogP contribution in [0.15, 0.2) is 18.7 Å². The molecular formula is C10H16N4O. The molecule has 0 aromatic carbocycles. The quantitative estimate of drug-likeness (QED) is 0.752. The molecule has 0 saturated carbocycles. The molecule has 5 nitrogen and oxygen atoms in total. The largest absolute Gasteiger partial charge is 0.322 e. The molecule has 0 aliphatic heterocycles. The summed E-state index contributed by atoms with van der Waals surface area (Å²) >= 11 is 0. The Bertz CT molecular complexity index is 331. The van der Waals surface area contributed by atoms with Gasteiger partial charge in [-0.3, -0.25) is 4.79 Å². The number of nitrogens with one attached hydrogen (secondary N) is 1. The van der Waals surface area contributed by atoms with Crippen LogP contribution in [-0.4, -0.2) is 21.9 Å². The van der Waals surface area contributed by atoms with Gasteiger partial charge in [0.2, 0.25) is 5.91 Å². The molecule has 1 atom stereocenters. The van der Waals surface area contributed by atoms with E-state index in [9.17, 15) is 4.79 Å². The van der Waals surface area contributed by atoms with Crippen molar-refractivity contribution >= 4 is 11.6 Å². The van der Waals surface area contributed by atoms with Crippen molar-refractivity contribution in [2.24, 2.45) is 11.1 Å². The topological polar surface area (TPSA) is 80.9 Å². The number of hydrogen-bond donors (Lipinski definition) is 2. The Hall–Kier alpha value is -1.49. The van der Waals surface area contributed by atoms with Gasteiger partial charge >= 0.3 is 0 Å². The van der Waals surface area contributed by atoms with Gasteiger partial charge in [0.15, 0.2) is 0 Å². The van der Waals surface area contributed by atoms with E-state index in [1.807, 2.05) is 20.8 Å². The Kier molecular flexibility index (Phi) is 3.36. The van der Waals surface area contributed by atoms with Gasteiger partial charge < -0.3 is 11.1 Å². The highest BCUT2D eigenvalue weighted by Gasteiger charge is 2.27. The lowest BCUT2D eigenvalue weighted by Crippen LogP contribution is -2.45. The van der Waals surface area contributed by atoms with Crippen molar-refractivity contribution in [3.8, 4) is 0 Å². The predicted molar refractivity (Wildman–Crippen MR) is 58.1 cm³/mol. The van der Waals surface area contributed by atoms with E-state index in [1.54, 1.807) is 0 Å². The summed E-state index contributed by atoms with van der Waals surface area (Å²) in [5.41, 5.74) is 6.08. The Morgan fingerprint density at radius 3 is 2.40 bits per heavy atom. The molecule has 0 unspecified atom stereocenters. The van der Waals surface area contributed by atoms with E-state index in [4.69, 9.17) is 5.73 Å². The van der Waals surface area contributed by atoms with Crippen LogP contribution in [0, 0.1) is 5.41 Å². The summed E-state index contributed by atoms with van der Waals surface area (Å²) in [4.78, 5) is 19.3. The van der Waals surface area contributed by atoms with Gasteiger partial charge in [0, 0.05) is 0 Å². The average molecular weight is 208 g/mol. The minimum atomic E-state index is -0.558. The minimum absolute atomic E-state index is 0.225. The Labute approximate surface area is 89.1 Å². The molecule has 1 amide bonds. The van der Waals surface area contributed by atoms with Crippen LogP contribution in [0.5, 0.6) is 0 Å². The van der Waals surface area contributed by atoms with E-state index in [0.29, 0.717) is 5.69 Å². The Morgan fingerprint density at radius 1 is 1.40 bits per heavy atom. The van der Waals surface area contributed by atoms with E-state index in [1.165, 1.54) is 18.7 Å². The number of carbonyl (C=O) groups is 1. The first-order valence-electron chi connectivity index (χ1n) is 4.72. The second-order valence-corrected chi connectivity index (χ2v) is 4.46. The van der Waals surface area contributed by atoms with Crippen molar-refractivity contribution in [1.82, 2.24) is 9.97 Å². The van der Waals surface area contributed by atoms with Crippen molar-refractivity contribution in [2.45, 2.75) is 26.8 Å². The third kappa shape index (κ3) is 3.28. The highest BCUT2D eigenvalue weighted by atomic mass is 16.2. The molecule has 5 heteroatoms. The molecule has 0 bridgehead atoms. The average Bonchev–Trinajstić information content (AvgIpc) is 2.16. The van der Waals surface area contributed by atoms with E-state index >= 15 is 0 Å². The number of anilines is 1. The van der Waals surface area contributed by atoms with Crippen LogP contribution in [0.3, 0.4) is 0 Å². The smallest absolute Gasteiger partial charge is 0.241 e. The molecule has 3 N–H and O–H groups in total. The van der Waals surface area contributed by atoms with Gasteiger partial charge in [0.1, 0.15) is 6.33 Å². The molecule has 0 saturated heterocycles. The molecule has 1 rings (SSSR count). The van der Waals surface area contributed by atoms with Crippen LogP contribution in [-0.2, 0) is 4.79 Å². The van der Waals surface area contributed by atoms with Crippen LogP contribution in [0.2, 0.25) is 0 Å². The summed E-state index contributed by atoms with van der Waals surface area (Å²) in [7, 11) is 0. The van der Waals surface area contributed by atoms with E-state index in [2.05, 4.69) is 15.3 Å². The van der Waals surface area contributed by atoms with Crippen molar-refractivity contribution in [3.05, 3.63) is 18.7 Å². The summed E-state index contributed by atoms with van der Waals surface area (Å²) in [6.45, 7) is 5.75. The first kappa shape index (κ1) is 11.6. The monoisotopic (exact) mass is 208 g/mol. The second-order valence-electron chi connectivity index (χ2n) is 4.46. The maximum absolute atomic E-state index is 11.7. The van der Waals surface area contributed by atoms with Gasteiger partial charge in [0.25, 0.3) is 0 Å². The molecule has 82 valence electrons. The number of aromatic nitrogens is 2. The van der Waals surface area contributed by atoms with E-state index in [-0.39, 0.29) is 11.3 Å². The summed E-state index contributed by atoms with van der Waals surface area (Å²) in [5, 5.41) is 2.66. The van der Waals surface area contributed by atoms with Crippen molar-refractivity contribution in [3.63, 3.8) is 0 Å². The highest BCUT2D eigenvalue weighted by Crippen LogP contribution is 2.18. The lowest BCUT2D eigenvalue weighted by Gasteiger charge is -2.25. The standard InChI is InChI=1S/C10H16N4O/c1-10(2,3)8(11)9(15)14-7-4-12-6-13-5-7/h4-6,8H,11H2,1-3H3,(H,14,15)/t8-/m1/s1. The summed E-state index contributed by atoms with van der Waals surface area (Å²) in [6.07, 6.45) is 4.46. The number of hydrogen-bond acceptors (Lipinski definition) is 4. The van der Waals surface area contributed by atoms with Gasteiger partial charge in [-0.2, -0.15) is 0 Å². The molecule has 0 radical (unpaired) electrons. The van der Waals surface area contributed by atoms with Crippen LogP contribution in [0.4, 0.5) is 5.69 Å². The van der Waals surface area contributed by atoms with Crippen molar-refractivity contribution < 1.29 is 4.79 Å². The number of nitrogens with zero attached hydrogens (tertiary/aromatic N) is 2. The van der Waals surface area contributed by atoms with Crippen LogP contribution in [0.1, 0.15) is 20.8 Å². The predicted octanol–water partition coefficient (Wildman–Crippen LogP) is 0.788. The molecule has 1 aromatic heterocycles. The van der Waals surface area contributed by atoms with E-state index in [0.717, 1.165) is 0 Å². The van der Waals surface area contributed by atoms with Crippen LogP contribution < -0.4 is 11.1 Å². The fourth-order valence-electron chi connectivity index (χ4n) is 0.977. The van der Waals surface area contributed by atoms with Crippen LogP contribution in [0.25, 0.3) is 0 Å². The number of amides is 1. The van der Waals surface area contributed by atoms with E-state index < -0.39 is 6.04 Å². The summed E-state index contributed by atoms with van der Waals surface area (Å²) in [5.74, 6) is -0.225. The van der Waals surface area contributed by atoms with Crippen molar-refractivity contribution in [2.75, 3.05) is 5.32 Å². The third-order valence-electron chi connectivity index (χ3n) is 2.04. The second kappa shape index (κ2) is 4.35. The third-order valence-corrected chi connectivity index (χ3v) is 2.04. The fraction of sp³-hybridized carbons (Fsp3) is 0.500. The van der Waals surface area contributed by atoms with Crippen LogP contribution >= 0.6 is 0 Å². The van der Waals surface area contributed by atoms with Gasteiger partial charge in [0.05, 0.1) is 24.1 Å². The lowest BCUT2D eigenvalue weighted by atomic mass is 9.87. The fourth-order valence-corrected chi connectivity index (χ4v) is 0.977. The van der Waals surface area contributed by atoms with Gasteiger partial charge in [-0.05, 0) is 5.41 Å². The minimum Gasteiger partial charge on any atom is -0.322 e. The summed E-state index contributed by atoms with van der Waals surface area (Å²) < 4.78 is 0. The van der Waals surface area contributed by atoms with Gasteiger partial charge in [-0.15, -0.1) is 0 Å². The summed E-state index contributed by atoms with van der Waals surface area (Å²) in [6, 6.07) is -0.558. The number of carbonyl (C=O) groups excluding carboxylic acids is 1. The number of rotatable bonds is 2. The van der Waals surface area contributed by atoms with Gasteiger partial charge in [-0.25, -0.2) is 9.97 Å².